The Morgan fingerprint density at radius 2 is 2.00 bits per heavy atom. The maximum absolute atomic E-state index is 5.97. The Morgan fingerprint density at radius 3 is 2.74 bits per heavy atom. The van der Waals surface area contributed by atoms with E-state index in [2.05, 4.69) is 41.5 Å². The van der Waals surface area contributed by atoms with Gasteiger partial charge in [0.2, 0.25) is 0 Å². The van der Waals surface area contributed by atoms with E-state index in [1.165, 1.54) is 18.4 Å². The van der Waals surface area contributed by atoms with Gasteiger partial charge in [-0.3, -0.25) is 0 Å². The zero-order valence-corrected chi connectivity index (χ0v) is 15.7. The minimum absolute atomic E-state index is 0.335. The van der Waals surface area contributed by atoms with E-state index in [-0.39, 0.29) is 0 Å². The van der Waals surface area contributed by atoms with Crippen molar-refractivity contribution in [1.82, 2.24) is 19.9 Å². The van der Waals surface area contributed by atoms with E-state index in [1.54, 1.807) is 0 Å². The highest BCUT2D eigenvalue weighted by atomic mass is 15.0. The van der Waals surface area contributed by atoms with Gasteiger partial charge in [0.25, 0.3) is 0 Å². The molecule has 2 saturated carbocycles. The maximum atomic E-state index is 5.97. The summed E-state index contributed by atoms with van der Waals surface area (Å²) < 4.78 is 0. The summed E-state index contributed by atoms with van der Waals surface area (Å²) in [5.74, 6) is 4.01. The number of imidazole rings is 1. The van der Waals surface area contributed by atoms with Crippen LogP contribution in [0.3, 0.4) is 0 Å². The molecule has 6 nitrogen and oxygen atoms in total. The average molecular weight is 362 g/mol. The smallest absolute Gasteiger partial charge is 0.134 e. The standard InChI is InChI=1S/C21H26N6/c1-12-3-2-4-16-20(12)26-18(24-16)7-8-23-19-11-17(14-9-15(22)10-14)25-21(27-19)13-5-6-13/h2-4,11,13-15H,5-10,22H2,1H3,(H,24,26)(H,23,25,27). The van der Waals surface area contributed by atoms with Crippen LogP contribution in [0.15, 0.2) is 24.3 Å². The molecule has 0 amide bonds. The molecular formula is C21H26N6. The van der Waals surface area contributed by atoms with Crippen LogP contribution in [0.25, 0.3) is 11.0 Å². The molecule has 3 aromatic rings. The summed E-state index contributed by atoms with van der Waals surface area (Å²) in [6.07, 6.45) is 5.34. The van der Waals surface area contributed by atoms with Crippen LogP contribution in [0.2, 0.25) is 0 Å². The lowest BCUT2D eigenvalue weighted by atomic mass is 9.78. The molecule has 0 radical (unpaired) electrons. The highest BCUT2D eigenvalue weighted by Crippen LogP contribution is 2.41. The molecule has 0 atom stereocenters. The zero-order chi connectivity index (χ0) is 18.4. The van der Waals surface area contributed by atoms with Crippen LogP contribution >= 0.6 is 0 Å². The molecule has 140 valence electrons. The van der Waals surface area contributed by atoms with Gasteiger partial charge in [0, 0.05) is 42.6 Å². The van der Waals surface area contributed by atoms with E-state index < -0.39 is 0 Å². The Hall–Kier alpha value is -2.47. The van der Waals surface area contributed by atoms with Crippen molar-refractivity contribution in [2.75, 3.05) is 11.9 Å². The molecule has 1 aromatic carbocycles. The first-order valence-corrected chi connectivity index (χ1v) is 9.98. The van der Waals surface area contributed by atoms with E-state index in [4.69, 9.17) is 20.7 Å². The first-order valence-electron chi connectivity index (χ1n) is 9.98. The van der Waals surface area contributed by atoms with Crippen molar-refractivity contribution in [2.24, 2.45) is 5.73 Å². The number of aryl methyl sites for hydroxylation is 1. The fraction of sp³-hybridized carbons (Fsp3) is 0.476. The van der Waals surface area contributed by atoms with Gasteiger partial charge in [-0.1, -0.05) is 12.1 Å². The molecule has 4 N–H and O–H groups in total. The number of aromatic amines is 1. The van der Waals surface area contributed by atoms with Gasteiger partial charge in [0.05, 0.1) is 11.0 Å². The summed E-state index contributed by atoms with van der Waals surface area (Å²) in [6, 6.07) is 8.69. The molecule has 5 rings (SSSR count). The van der Waals surface area contributed by atoms with Gasteiger partial charge in [-0.2, -0.15) is 0 Å². The summed E-state index contributed by atoms with van der Waals surface area (Å²) in [5, 5.41) is 3.49. The van der Waals surface area contributed by atoms with Gasteiger partial charge < -0.3 is 16.0 Å². The van der Waals surface area contributed by atoms with Gasteiger partial charge in [-0.15, -0.1) is 0 Å². The molecule has 2 aliphatic rings. The molecular weight excluding hydrogens is 336 g/mol. The van der Waals surface area contributed by atoms with Crippen molar-refractivity contribution in [3.8, 4) is 0 Å². The van der Waals surface area contributed by atoms with Crippen molar-refractivity contribution >= 4 is 16.9 Å². The molecule has 0 aliphatic heterocycles. The predicted molar refractivity (Wildman–Crippen MR) is 107 cm³/mol. The minimum atomic E-state index is 0.335. The van der Waals surface area contributed by atoms with Crippen LogP contribution in [0.4, 0.5) is 5.82 Å². The van der Waals surface area contributed by atoms with E-state index in [0.29, 0.717) is 17.9 Å². The highest BCUT2D eigenvalue weighted by Gasteiger charge is 2.32. The minimum Gasteiger partial charge on any atom is -0.370 e. The average Bonchev–Trinajstić information content (AvgIpc) is 3.39. The molecule has 0 unspecified atom stereocenters. The molecule has 0 bridgehead atoms. The monoisotopic (exact) mass is 362 g/mol. The number of fused-ring (bicyclic) bond motifs is 1. The van der Waals surface area contributed by atoms with E-state index in [9.17, 15) is 0 Å². The third kappa shape index (κ3) is 3.41. The number of benzene rings is 1. The number of nitrogens with two attached hydrogens (primary N) is 1. The quantitative estimate of drug-likeness (QED) is 0.625. The molecule has 2 fully saturated rings. The first kappa shape index (κ1) is 16.7. The summed E-state index contributed by atoms with van der Waals surface area (Å²) in [4.78, 5) is 17.7. The Morgan fingerprint density at radius 1 is 1.15 bits per heavy atom. The van der Waals surface area contributed by atoms with Crippen molar-refractivity contribution < 1.29 is 0 Å². The largest absolute Gasteiger partial charge is 0.370 e. The topological polar surface area (TPSA) is 92.5 Å². The molecule has 0 spiro atoms. The Bertz CT molecular complexity index is 968. The molecule has 2 aromatic heterocycles. The van der Waals surface area contributed by atoms with Crippen molar-refractivity contribution in [3.63, 3.8) is 0 Å². The summed E-state index contributed by atoms with van der Waals surface area (Å²) in [5.41, 5.74) is 10.5. The lowest BCUT2D eigenvalue weighted by Gasteiger charge is -2.32. The lowest BCUT2D eigenvalue weighted by molar-refractivity contribution is 0.344. The maximum Gasteiger partial charge on any atom is 0.134 e. The van der Waals surface area contributed by atoms with Gasteiger partial charge in [-0.05, 0) is 44.2 Å². The number of aromatic nitrogens is 4. The number of hydrogen-bond donors (Lipinski definition) is 3. The first-order chi connectivity index (χ1) is 13.2. The molecule has 27 heavy (non-hydrogen) atoms. The Balaban J connectivity index is 1.29. The van der Waals surface area contributed by atoms with Gasteiger partial charge in [-0.25, -0.2) is 15.0 Å². The number of para-hydroxylation sites is 1. The second-order valence-corrected chi connectivity index (χ2v) is 8.07. The number of hydrogen-bond acceptors (Lipinski definition) is 5. The number of anilines is 1. The fourth-order valence-corrected chi connectivity index (χ4v) is 3.87. The van der Waals surface area contributed by atoms with Crippen molar-refractivity contribution in [1.29, 1.82) is 0 Å². The Kier molecular flexibility index (Phi) is 4.08. The van der Waals surface area contributed by atoms with Gasteiger partial charge >= 0.3 is 0 Å². The van der Waals surface area contributed by atoms with E-state index in [1.807, 2.05) is 0 Å². The van der Waals surface area contributed by atoms with Crippen LogP contribution in [-0.4, -0.2) is 32.5 Å². The van der Waals surface area contributed by atoms with E-state index in [0.717, 1.165) is 60.0 Å². The van der Waals surface area contributed by atoms with E-state index >= 15 is 0 Å². The summed E-state index contributed by atoms with van der Waals surface area (Å²) >= 11 is 0. The third-order valence-electron chi connectivity index (χ3n) is 5.73. The Labute approximate surface area is 159 Å². The number of H-pyrrole nitrogens is 1. The van der Waals surface area contributed by atoms with Crippen LogP contribution in [0.5, 0.6) is 0 Å². The number of nitrogens with zero attached hydrogens (tertiary/aromatic N) is 3. The molecule has 6 heteroatoms. The molecule has 2 aliphatic carbocycles. The van der Waals surface area contributed by atoms with Crippen molar-refractivity contribution in [3.05, 3.63) is 47.2 Å². The highest BCUT2D eigenvalue weighted by molar-refractivity contribution is 5.78. The summed E-state index contributed by atoms with van der Waals surface area (Å²) in [7, 11) is 0. The zero-order valence-electron chi connectivity index (χ0n) is 15.7. The van der Waals surface area contributed by atoms with Crippen LogP contribution in [0, 0.1) is 6.92 Å². The number of rotatable bonds is 6. The number of nitrogens with one attached hydrogen (secondary N) is 2. The molecule has 2 heterocycles. The van der Waals surface area contributed by atoms with Crippen molar-refractivity contribution in [2.45, 2.75) is 56.9 Å². The molecule has 0 saturated heterocycles. The van der Waals surface area contributed by atoms with Crippen LogP contribution in [-0.2, 0) is 6.42 Å². The predicted octanol–water partition coefficient (Wildman–Crippen LogP) is 3.40. The lowest BCUT2D eigenvalue weighted by Crippen LogP contribution is -2.35. The fourth-order valence-electron chi connectivity index (χ4n) is 3.87. The van der Waals surface area contributed by atoms with Crippen LogP contribution in [0.1, 0.15) is 60.4 Å². The second-order valence-electron chi connectivity index (χ2n) is 8.07. The van der Waals surface area contributed by atoms with Crippen LogP contribution < -0.4 is 11.1 Å². The summed E-state index contributed by atoms with van der Waals surface area (Å²) in [6.45, 7) is 2.89. The second kappa shape index (κ2) is 6.60. The SMILES string of the molecule is Cc1cccc2[nH]c(CCNc3cc(C4CC(N)C4)nc(C4CC4)n3)nc12. The van der Waals surface area contributed by atoms with Gasteiger partial charge in [0.15, 0.2) is 0 Å². The third-order valence-corrected chi connectivity index (χ3v) is 5.73. The van der Waals surface area contributed by atoms with Gasteiger partial charge in [0.1, 0.15) is 17.5 Å². The normalized spacial score (nSPS) is 22.0.